The Balaban J connectivity index is 1.79. The number of carbonyl (C=O) groups excluding carboxylic acids is 1. The van der Waals surface area contributed by atoms with Crippen LogP contribution in [0, 0.1) is 10.1 Å². The van der Waals surface area contributed by atoms with Crippen molar-refractivity contribution in [3.05, 3.63) is 80.3 Å². The smallest absolute Gasteiger partial charge is 0.298 e. The number of anilines is 1. The number of nitrogens with zero attached hydrogens (tertiary/aromatic N) is 2. The molecular formula is C19H14F3N3O5S2. The number of benzene rings is 2. The van der Waals surface area contributed by atoms with E-state index in [2.05, 4.69) is 10.3 Å². The maximum absolute atomic E-state index is 12.9. The summed E-state index contributed by atoms with van der Waals surface area (Å²) in [6.07, 6.45) is -2.08. The van der Waals surface area contributed by atoms with Gasteiger partial charge < -0.3 is 0 Å². The first-order valence-corrected chi connectivity index (χ1v) is 11.5. The molecule has 0 aliphatic carbocycles. The predicted molar refractivity (Wildman–Crippen MR) is 111 cm³/mol. The molecule has 3 rings (SSSR count). The fraction of sp³-hybridized carbons (Fsp3) is 0.158. The number of aromatic nitrogens is 1. The van der Waals surface area contributed by atoms with Gasteiger partial charge in [0.05, 0.1) is 15.4 Å². The molecule has 0 saturated heterocycles. The topological polar surface area (TPSA) is 119 Å². The van der Waals surface area contributed by atoms with Gasteiger partial charge in [-0.25, -0.2) is 13.4 Å². The van der Waals surface area contributed by atoms with Crippen LogP contribution in [0.3, 0.4) is 0 Å². The molecule has 0 unspecified atom stereocenters. The lowest BCUT2D eigenvalue weighted by atomic mass is 10.1. The van der Waals surface area contributed by atoms with E-state index in [9.17, 15) is 36.5 Å². The van der Waals surface area contributed by atoms with Crippen LogP contribution >= 0.6 is 11.3 Å². The number of amides is 1. The van der Waals surface area contributed by atoms with E-state index >= 15 is 0 Å². The van der Waals surface area contributed by atoms with Crippen LogP contribution in [0.2, 0.25) is 0 Å². The number of hydrogen-bond acceptors (Lipinski definition) is 7. The Kier molecular flexibility index (Phi) is 6.32. The summed E-state index contributed by atoms with van der Waals surface area (Å²) in [6, 6.07) is 7.60. The predicted octanol–water partition coefficient (Wildman–Crippen LogP) is 4.32. The third-order valence-electron chi connectivity index (χ3n) is 4.20. The molecule has 1 N–H and O–H groups in total. The summed E-state index contributed by atoms with van der Waals surface area (Å²) < 4.78 is 62.1. The molecule has 13 heteroatoms. The number of hydrogen-bond donors (Lipinski definition) is 1. The lowest BCUT2D eigenvalue weighted by molar-refractivity contribution is -0.385. The van der Waals surface area contributed by atoms with Crippen molar-refractivity contribution in [3.8, 4) is 0 Å². The van der Waals surface area contributed by atoms with Crippen molar-refractivity contribution < 1.29 is 31.3 Å². The molecule has 0 aliphatic heterocycles. The SMILES string of the molecule is CS(=O)(=O)c1cc(C(=O)Nc2ncc(Cc3cccc(C(F)(F)F)c3)s2)cc([N+](=O)[O-])c1. The largest absolute Gasteiger partial charge is 0.416 e. The second-order valence-electron chi connectivity index (χ2n) is 6.71. The lowest BCUT2D eigenvalue weighted by Gasteiger charge is -2.08. The first-order valence-electron chi connectivity index (χ1n) is 8.74. The number of non-ortho nitro benzene ring substituents is 1. The first kappa shape index (κ1) is 23.3. The van der Waals surface area contributed by atoms with Crippen LogP contribution in [0.15, 0.2) is 53.6 Å². The van der Waals surface area contributed by atoms with Crippen LogP contribution in [0.5, 0.6) is 0 Å². The molecule has 3 aromatic rings. The minimum Gasteiger partial charge on any atom is -0.298 e. The first-order chi connectivity index (χ1) is 14.8. The van der Waals surface area contributed by atoms with E-state index in [0.717, 1.165) is 47.9 Å². The van der Waals surface area contributed by atoms with E-state index in [-0.39, 0.29) is 22.0 Å². The van der Waals surface area contributed by atoms with Gasteiger partial charge >= 0.3 is 6.18 Å². The summed E-state index contributed by atoms with van der Waals surface area (Å²) in [5.41, 5.74) is -1.20. The van der Waals surface area contributed by atoms with Crippen molar-refractivity contribution in [2.75, 3.05) is 11.6 Å². The Labute approximate surface area is 183 Å². The van der Waals surface area contributed by atoms with Gasteiger partial charge in [-0.1, -0.05) is 18.2 Å². The minimum absolute atomic E-state index is 0.101. The molecule has 168 valence electrons. The third-order valence-corrected chi connectivity index (χ3v) is 6.20. The Hall–Kier alpha value is -3.32. The molecule has 0 saturated carbocycles. The maximum Gasteiger partial charge on any atom is 0.416 e. The molecule has 8 nitrogen and oxygen atoms in total. The van der Waals surface area contributed by atoms with Gasteiger partial charge in [-0.05, 0) is 17.7 Å². The van der Waals surface area contributed by atoms with Gasteiger partial charge in [0.1, 0.15) is 0 Å². The van der Waals surface area contributed by atoms with Gasteiger partial charge in [-0.3, -0.25) is 20.2 Å². The fourth-order valence-electron chi connectivity index (χ4n) is 2.71. The Morgan fingerprint density at radius 2 is 1.94 bits per heavy atom. The number of nitro benzene ring substituents is 1. The molecule has 0 aliphatic rings. The number of halogens is 3. The average Bonchev–Trinajstić information content (AvgIpc) is 3.13. The maximum atomic E-state index is 12.9. The van der Waals surface area contributed by atoms with Crippen LogP contribution in [-0.2, 0) is 22.4 Å². The zero-order valence-electron chi connectivity index (χ0n) is 16.2. The zero-order chi connectivity index (χ0) is 23.7. The lowest BCUT2D eigenvalue weighted by Crippen LogP contribution is -2.13. The molecule has 0 spiro atoms. The van der Waals surface area contributed by atoms with Crippen LogP contribution in [0.4, 0.5) is 24.0 Å². The number of nitro groups is 1. The number of rotatable bonds is 6. The van der Waals surface area contributed by atoms with Crippen molar-refractivity contribution >= 4 is 37.9 Å². The number of carbonyl (C=O) groups is 1. The summed E-state index contributed by atoms with van der Waals surface area (Å²) in [6.45, 7) is 0. The van der Waals surface area contributed by atoms with Gasteiger partial charge in [-0.2, -0.15) is 13.2 Å². The highest BCUT2D eigenvalue weighted by Crippen LogP contribution is 2.31. The van der Waals surface area contributed by atoms with Crippen LogP contribution < -0.4 is 5.32 Å². The zero-order valence-corrected chi connectivity index (χ0v) is 17.8. The molecule has 0 atom stereocenters. The van der Waals surface area contributed by atoms with Gasteiger partial charge in [-0.15, -0.1) is 11.3 Å². The summed E-state index contributed by atoms with van der Waals surface area (Å²) in [7, 11) is -3.81. The van der Waals surface area contributed by atoms with Gasteiger partial charge in [0.2, 0.25) is 0 Å². The second kappa shape index (κ2) is 8.67. The summed E-state index contributed by atoms with van der Waals surface area (Å²) >= 11 is 1.01. The Morgan fingerprint density at radius 3 is 2.56 bits per heavy atom. The quantitative estimate of drug-likeness (QED) is 0.410. The molecule has 32 heavy (non-hydrogen) atoms. The van der Waals surface area contributed by atoms with Crippen molar-refractivity contribution in [3.63, 3.8) is 0 Å². The van der Waals surface area contributed by atoms with Crippen molar-refractivity contribution in [1.82, 2.24) is 4.98 Å². The standard InChI is InChI=1S/C19H14F3N3O5S2/c1-32(29,30)16-8-12(7-14(9-16)25(27)28)17(26)24-18-23-10-15(31-18)6-11-3-2-4-13(5-11)19(20,21)22/h2-5,7-10H,6H2,1H3,(H,23,24,26). The van der Waals surface area contributed by atoms with Crippen LogP contribution in [0.1, 0.15) is 26.4 Å². The van der Waals surface area contributed by atoms with E-state index in [1.54, 1.807) is 0 Å². The fourth-order valence-corrected chi connectivity index (χ4v) is 4.23. The second-order valence-corrected chi connectivity index (χ2v) is 9.84. The number of thiazole rings is 1. The Bertz CT molecular complexity index is 1300. The van der Waals surface area contributed by atoms with Crippen molar-refractivity contribution in [2.45, 2.75) is 17.5 Å². The van der Waals surface area contributed by atoms with E-state index in [4.69, 9.17) is 0 Å². The molecule has 1 amide bonds. The van der Waals surface area contributed by atoms with E-state index < -0.39 is 38.1 Å². The van der Waals surface area contributed by atoms with E-state index in [1.807, 2.05) is 0 Å². The summed E-state index contributed by atoms with van der Waals surface area (Å²) in [4.78, 5) is 26.9. The molecule has 2 aromatic carbocycles. The molecule has 0 radical (unpaired) electrons. The average molecular weight is 485 g/mol. The van der Waals surface area contributed by atoms with Crippen LogP contribution in [0.25, 0.3) is 0 Å². The summed E-state index contributed by atoms with van der Waals surface area (Å²) in [5.74, 6) is -0.821. The number of sulfone groups is 1. The summed E-state index contributed by atoms with van der Waals surface area (Å²) in [5, 5.41) is 13.6. The highest BCUT2D eigenvalue weighted by molar-refractivity contribution is 7.90. The number of alkyl halides is 3. The molecular weight excluding hydrogens is 471 g/mol. The van der Waals surface area contributed by atoms with Gasteiger partial charge in [0.15, 0.2) is 15.0 Å². The van der Waals surface area contributed by atoms with E-state index in [1.165, 1.54) is 18.3 Å². The Morgan fingerprint density at radius 1 is 1.22 bits per heavy atom. The van der Waals surface area contributed by atoms with Crippen LogP contribution in [-0.4, -0.2) is 30.5 Å². The van der Waals surface area contributed by atoms with Gasteiger partial charge in [0.25, 0.3) is 11.6 Å². The minimum atomic E-state index is -4.47. The molecule has 0 fully saturated rings. The molecule has 0 bridgehead atoms. The molecule has 1 heterocycles. The molecule has 1 aromatic heterocycles. The highest BCUT2D eigenvalue weighted by atomic mass is 32.2. The van der Waals surface area contributed by atoms with Crippen molar-refractivity contribution in [1.29, 1.82) is 0 Å². The van der Waals surface area contributed by atoms with E-state index in [0.29, 0.717) is 10.4 Å². The number of nitrogens with one attached hydrogen (secondary N) is 1. The van der Waals surface area contributed by atoms with Crippen molar-refractivity contribution in [2.24, 2.45) is 0 Å². The highest BCUT2D eigenvalue weighted by Gasteiger charge is 2.30. The normalized spacial score (nSPS) is 11.9. The monoisotopic (exact) mass is 485 g/mol. The van der Waals surface area contributed by atoms with Gasteiger partial charge in [0, 0.05) is 41.4 Å². The third kappa shape index (κ3) is 5.68.